The van der Waals surface area contributed by atoms with Crippen LogP contribution in [0.2, 0.25) is 0 Å². The molecule has 0 saturated carbocycles. The minimum absolute atomic E-state index is 0.135. The van der Waals surface area contributed by atoms with Gasteiger partial charge in [0, 0.05) is 23.7 Å². The summed E-state index contributed by atoms with van der Waals surface area (Å²) in [6.07, 6.45) is 10.4. The fraction of sp³-hybridized carbons (Fsp3) is 0.438. The number of unbranched alkanes of at least 4 members (excludes halogenated alkanes) is 3. The van der Waals surface area contributed by atoms with Crippen LogP contribution in [-0.2, 0) is 4.74 Å². The van der Waals surface area contributed by atoms with Gasteiger partial charge in [-0.05, 0) is 74.0 Å². The van der Waals surface area contributed by atoms with E-state index in [1.54, 1.807) is 0 Å². The topological polar surface area (TPSA) is 51.7 Å². The Bertz CT molecular complexity index is 1200. The number of fused-ring (bicyclic) bond motifs is 4. The lowest BCUT2D eigenvalue weighted by Crippen LogP contribution is -2.55. The second-order valence-corrected chi connectivity index (χ2v) is 10.4. The maximum atomic E-state index is 13.5. The predicted octanol–water partition coefficient (Wildman–Crippen LogP) is 6.99. The van der Waals surface area contributed by atoms with Gasteiger partial charge in [0.05, 0.1) is 23.7 Å². The van der Waals surface area contributed by atoms with Gasteiger partial charge in [0.1, 0.15) is 11.9 Å². The smallest absolute Gasteiger partial charge is 0.338 e. The summed E-state index contributed by atoms with van der Waals surface area (Å²) in [6, 6.07) is 17.6. The molecule has 3 fully saturated rings. The first kappa shape index (κ1) is 25.5. The molecule has 6 rings (SSSR count). The summed E-state index contributed by atoms with van der Waals surface area (Å²) in [5, 5.41) is 1.04. The van der Waals surface area contributed by atoms with E-state index < -0.39 is 0 Å². The Morgan fingerprint density at radius 3 is 2.73 bits per heavy atom. The lowest BCUT2D eigenvalue weighted by Gasteiger charge is -2.51. The summed E-state index contributed by atoms with van der Waals surface area (Å²) < 4.78 is 12.2. The molecule has 0 amide bonds. The Morgan fingerprint density at radius 2 is 1.97 bits per heavy atom. The maximum absolute atomic E-state index is 13.5. The third-order valence-corrected chi connectivity index (χ3v) is 8.08. The lowest BCUT2D eigenvalue weighted by molar-refractivity contribution is -0.0568. The zero-order valence-electron chi connectivity index (χ0n) is 21.9. The molecule has 0 aliphatic carbocycles. The molecule has 5 heteroatoms. The normalized spacial score (nSPS) is 23.5. The molecule has 3 aromatic rings. The molecule has 0 spiro atoms. The van der Waals surface area contributed by atoms with E-state index in [2.05, 4.69) is 35.5 Å². The standard InChI is InChI=1S/C32H38N2O3/c1-3-5-6-9-20-36-26-14-12-24(13-15-26)32(35)37-31(28-16-18-33-29-11-8-7-10-27(28)29)30-21-25-17-19-34(30)22-23(25)4-2/h4,7-8,10-16,18,23,25,30-31H,2-3,5-6,9,17,19-22H2,1H3/t23-,25?,30?,31-/m1/s1. The summed E-state index contributed by atoms with van der Waals surface area (Å²) in [5.74, 6) is 1.57. The predicted molar refractivity (Wildman–Crippen MR) is 148 cm³/mol. The molecule has 3 saturated heterocycles. The lowest BCUT2D eigenvalue weighted by atomic mass is 9.73. The van der Waals surface area contributed by atoms with E-state index in [0.29, 0.717) is 24.0 Å². The largest absolute Gasteiger partial charge is 0.494 e. The van der Waals surface area contributed by atoms with Crippen molar-refractivity contribution in [1.82, 2.24) is 9.88 Å². The van der Waals surface area contributed by atoms with Crippen molar-refractivity contribution in [1.29, 1.82) is 0 Å². The summed E-state index contributed by atoms with van der Waals surface area (Å²) >= 11 is 0. The van der Waals surface area contributed by atoms with Crippen LogP contribution in [0, 0.1) is 11.8 Å². The number of rotatable bonds is 11. The number of hydrogen-bond acceptors (Lipinski definition) is 5. The average molecular weight is 499 g/mol. The van der Waals surface area contributed by atoms with Crippen LogP contribution in [0.15, 0.2) is 73.4 Å². The molecule has 194 valence electrons. The molecule has 2 bridgehead atoms. The van der Waals surface area contributed by atoms with Crippen LogP contribution in [0.5, 0.6) is 5.75 Å². The SMILES string of the molecule is C=C[C@@H]1CN2CCC1CC2[C@H](OC(=O)c1ccc(OCCCCCC)cc1)c1ccnc2ccccc12. The van der Waals surface area contributed by atoms with Crippen molar-refractivity contribution in [3.8, 4) is 5.75 Å². The molecule has 3 unspecified atom stereocenters. The van der Waals surface area contributed by atoms with Gasteiger partial charge in [-0.2, -0.15) is 0 Å². The fourth-order valence-corrected chi connectivity index (χ4v) is 6.00. The molecule has 0 radical (unpaired) electrons. The number of pyridine rings is 1. The molecule has 0 N–H and O–H groups in total. The minimum Gasteiger partial charge on any atom is -0.494 e. The van der Waals surface area contributed by atoms with Gasteiger partial charge < -0.3 is 9.47 Å². The van der Waals surface area contributed by atoms with Crippen molar-refractivity contribution in [2.45, 2.75) is 57.6 Å². The zero-order chi connectivity index (χ0) is 25.6. The van der Waals surface area contributed by atoms with Crippen molar-refractivity contribution < 1.29 is 14.3 Å². The van der Waals surface area contributed by atoms with Crippen LogP contribution in [-0.4, -0.2) is 41.6 Å². The van der Waals surface area contributed by atoms with Gasteiger partial charge in [0.25, 0.3) is 0 Å². The number of ether oxygens (including phenoxy) is 2. The molecule has 37 heavy (non-hydrogen) atoms. The molecule has 4 heterocycles. The molecule has 5 nitrogen and oxygen atoms in total. The van der Waals surface area contributed by atoms with Gasteiger partial charge in [-0.15, -0.1) is 6.58 Å². The van der Waals surface area contributed by atoms with E-state index in [0.717, 1.165) is 48.1 Å². The first-order valence-electron chi connectivity index (χ1n) is 13.8. The van der Waals surface area contributed by atoms with E-state index in [4.69, 9.17) is 9.47 Å². The monoisotopic (exact) mass is 498 g/mol. The Kier molecular flexibility index (Phi) is 8.20. The van der Waals surface area contributed by atoms with Gasteiger partial charge in [-0.25, -0.2) is 4.79 Å². The van der Waals surface area contributed by atoms with Gasteiger partial charge in [0.15, 0.2) is 0 Å². The molecule has 5 atom stereocenters. The summed E-state index contributed by atoms with van der Waals surface area (Å²) in [4.78, 5) is 20.5. The van der Waals surface area contributed by atoms with Gasteiger partial charge in [0.2, 0.25) is 0 Å². The molecule has 2 aromatic carbocycles. The first-order chi connectivity index (χ1) is 18.2. The van der Waals surface area contributed by atoms with Gasteiger partial charge >= 0.3 is 5.97 Å². The highest BCUT2D eigenvalue weighted by atomic mass is 16.5. The number of piperidine rings is 3. The van der Waals surface area contributed by atoms with Crippen molar-refractivity contribution in [3.63, 3.8) is 0 Å². The van der Waals surface area contributed by atoms with Crippen molar-refractivity contribution >= 4 is 16.9 Å². The number of aromatic nitrogens is 1. The summed E-state index contributed by atoms with van der Waals surface area (Å²) in [6.45, 7) is 8.97. The molecule has 1 aromatic heterocycles. The third-order valence-electron chi connectivity index (χ3n) is 8.08. The van der Waals surface area contributed by atoms with E-state index in [9.17, 15) is 4.79 Å². The van der Waals surface area contributed by atoms with Crippen LogP contribution >= 0.6 is 0 Å². The van der Waals surface area contributed by atoms with Gasteiger partial charge in [-0.1, -0.05) is 50.5 Å². The van der Waals surface area contributed by atoms with Crippen LogP contribution in [0.1, 0.15) is 67.5 Å². The zero-order valence-corrected chi connectivity index (χ0v) is 21.9. The number of benzene rings is 2. The van der Waals surface area contributed by atoms with Crippen LogP contribution < -0.4 is 4.74 Å². The number of carbonyl (C=O) groups is 1. The number of para-hydroxylation sites is 1. The second kappa shape index (κ2) is 11.9. The average Bonchev–Trinajstić information content (AvgIpc) is 2.96. The van der Waals surface area contributed by atoms with Gasteiger partial charge in [-0.3, -0.25) is 9.88 Å². The maximum Gasteiger partial charge on any atom is 0.338 e. The third kappa shape index (κ3) is 5.72. The quantitative estimate of drug-likeness (QED) is 0.162. The number of nitrogens with zero attached hydrogens (tertiary/aromatic N) is 2. The number of carbonyl (C=O) groups excluding carboxylic acids is 1. The Balaban J connectivity index is 1.36. The van der Waals surface area contributed by atoms with E-state index in [-0.39, 0.29) is 18.1 Å². The van der Waals surface area contributed by atoms with Crippen molar-refractivity contribution in [2.75, 3.05) is 19.7 Å². The highest BCUT2D eigenvalue weighted by molar-refractivity contribution is 5.90. The number of hydrogen-bond donors (Lipinski definition) is 0. The Labute approximate surface area is 220 Å². The molecular weight excluding hydrogens is 460 g/mol. The molecule has 3 aliphatic heterocycles. The Morgan fingerprint density at radius 1 is 1.14 bits per heavy atom. The highest BCUT2D eigenvalue weighted by Gasteiger charge is 2.44. The van der Waals surface area contributed by atoms with E-state index in [1.165, 1.54) is 25.7 Å². The van der Waals surface area contributed by atoms with Crippen molar-refractivity contribution in [3.05, 3.63) is 84.6 Å². The highest BCUT2D eigenvalue weighted by Crippen LogP contribution is 2.43. The summed E-state index contributed by atoms with van der Waals surface area (Å²) in [7, 11) is 0. The summed E-state index contributed by atoms with van der Waals surface area (Å²) in [5.41, 5.74) is 2.49. The van der Waals surface area contributed by atoms with Crippen molar-refractivity contribution in [2.24, 2.45) is 11.8 Å². The first-order valence-corrected chi connectivity index (χ1v) is 13.8. The second-order valence-electron chi connectivity index (χ2n) is 10.4. The van der Waals surface area contributed by atoms with E-state index in [1.807, 2.05) is 54.7 Å². The van der Waals surface area contributed by atoms with E-state index >= 15 is 0 Å². The Hall–Kier alpha value is -3.18. The van der Waals surface area contributed by atoms with Crippen LogP contribution in [0.3, 0.4) is 0 Å². The fourth-order valence-electron chi connectivity index (χ4n) is 6.00. The molecule has 3 aliphatic rings. The minimum atomic E-state index is -0.372. The van der Waals surface area contributed by atoms with Crippen LogP contribution in [0.25, 0.3) is 10.9 Å². The molecular formula is C32H38N2O3. The number of esters is 1. The van der Waals surface area contributed by atoms with Crippen LogP contribution in [0.4, 0.5) is 0 Å².